The molecule has 0 aliphatic carbocycles. The van der Waals surface area contributed by atoms with Crippen molar-refractivity contribution in [3.63, 3.8) is 0 Å². The molecule has 102 valence electrons. The molecule has 0 fully saturated rings. The molecule has 2 aromatic rings. The van der Waals surface area contributed by atoms with E-state index in [1.165, 1.54) is 11.3 Å². The van der Waals surface area contributed by atoms with Crippen molar-refractivity contribution in [2.24, 2.45) is 0 Å². The summed E-state index contributed by atoms with van der Waals surface area (Å²) < 4.78 is 10.8. The van der Waals surface area contributed by atoms with Crippen molar-refractivity contribution in [2.45, 2.75) is 33.1 Å². The topological polar surface area (TPSA) is 31.4 Å². The van der Waals surface area contributed by atoms with Crippen LogP contribution in [0.5, 0.6) is 11.5 Å². The summed E-state index contributed by atoms with van der Waals surface area (Å²) in [6.07, 6.45) is 3.08. The van der Waals surface area contributed by atoms with Crippen LogP contribution in [0.2, 0.25) is 0 Å². The molecule has 0 N–H and O–H groups in total. The van der Waals surface area contributed by atoms with Crippen LogP contribution in [0.4, 0.5) is 0 Å². The highest BCUT2D eigenvalue weighted by Crippen LogP contribution is 2.33. The second kappa shape index (κ2) is 5.91. The highest BCUT2D eigenvalue weighted by atomic mass is 16.5. The molecule has 2 rings (SSSR count). The van der Waals surface area contributed by atoms with Gasteiger partial charge in [0.25, 0.3) is 0 Å². The lowest BCUT2D eigenvalue weighted by atomic mass is 10.0. The normalized spacial score (nSPS) is 10.7. The minimum absolute atomic E-state index is 0.802. The molecule has 0 radical (unpaired) electrons. The van der Waals surface area contributed by atoms with Crippen LogP contribution in [0, 0.1) is 0 Å². The van der Waals surface area contributed by atoms with Gasteiger partial charge in [-0.25, -0.2) is 4.98 Å². The molecule has 0 saturated heterocycles. The molecule has 0 bridgehead atoms. The quantitative estimate of drug-likeness (QED) is 0.819. The number of ether oxygens (including phenoxy) is 2. The maximum absolute atomic E-state index is 5.43. The van der Waals surface area contributed by atoms with Crippen LogP contribution in [-0.4, -0.2) is 19.2 Å². The lowest BCUT2D eigenvalue weighted by Crippen LogP contribution is -2.00. The molecule has 0 aliphatic heterocycles. The van der Waals surface area contributed by atoms with Gasteiger partial charge in [0, 0.05) is 11.1 Å². The SMILES string of the molecule is CCCc1nc2c(OC)ccc(OC)c2cc1CC. The maximum Gasteiger partial charge on any atom is 0.145 e. The van der Waals surface area contributed by atoms with Gasteiger partial charge in [0.15, 0.2) is 0 Å². The summed E-state index contributed by atoms with van der Waals surface area (Å²) in [5, 5.41) is 1.03. The number of aryl methyl sites for hydroxylation is 2. The molecule has 1 aromatic heterocycles. The fourth-order valence-electron chi connectivity index (χ4n) is 2.39. The highest BCUT2D eigenvalue weighted by Gasteiger charge is 2.12. The summed E-state index contributed by atoms with van der Waals surface area (Å²) in [4.78, 5) is 4.81. The molecule has 0 unspecified atom stereocenters. The second-order valence-electron chi connectivity index (χ2n) is 4.56. The largest absolute Gasteiger partial charge is 0.496 e. The Morgan fingerprint density at radius 3 is 2.32 bits per heavy atom. The zero-order valence-electron chi connectivity index (χ0n) is 12.1. The lowest BCUT2D eigenvalue weighted by Gasteiger charge is -2.13. The van der Waals surface area contributed by atoms with Crippen molar-refractivity contribution in [1.82, 2.24) is 4.98 Å². The van der Waals surface area contributed by atoms with Gasteiger partial charge in [-0.2, -0.15) is 0 Å². The first-order valence-electron chi connectivity index (χ1n) is 6.78. The first-order valence-corrected chi connectivity index (χ1v) is 6.78. The minimum Gasteiger partial charge on any atom is -0.496 e. The minimum atomic E-state index is 0.802. The summed E-state index contributed by atoms with van der Waals surface area (Å²) in [6.45, 7) is 4.34. The van der Waals surface area contributed by atoms with Gasteiger partial charge in [-0.05, 0) is 36.6 Å². The lowest BCUT2D eigenvalue weighted by molar-refractivity contribution is 0.409. The Morgan fingerprint density at radius 2 is 1.74 bits per heavy atom. The molecule has 0 saturated carbocycles. The van der Waals surface area contributed by atoms with Crippen LogP contribution in [-0.2, 0) is 12.8 Å². The number of hydrogen-bond donors (Lipinski definition) is 0. The Hall–Kier alpha value is -1.77. The van der Waals surface area contributed by atoms with Crippen LogP contribution < -0.4 is 9.47 Å². The molecule has 1 heterocycles. The van der Waals surface area contributed by atoms with Crippen molar-refractivity contribution in [2.75, 3.05) is 14.2 Å². The van der Waals surface area contributed by atoms with Gasteiger partial charge in [-0.15, -0.1) is 0 Å². The van der Waals surface area contributed by atoms with Gasteiger partial charge in [0.1, 0.15) is 17.0 Å². The van der Waals surface area contributed by atoms with Crippen LogP contribution in [0.25, 0.3) is 10.9 Å². The molecule has 0 amide bonds. The van der Waals surface area contributed by atoms with E-state index in [0.717, 1.165) is 41.7 Å². The standard InChI is InChI=1S/C16H21NO2/c1-5-7-13-11(6-2)10-12-14(18-3)8-9-15(19-4)16(12)17-13/h8-10H,5-7H2,1-4H3. The number of methoxy groups -OCH3 is 2. The molecule has 0 spiro atoms. The third kappa shape index (κ3) is 2.50. The van der Waals surface area contributed by atoms with Gasteiger partial charge in [-0.3, -0.25) is 0 Å². The van der Waals surface area contributed by atoms with E-state index in [0.29, 0.717) is 0 Å². The number of benzene rings is 1. The Labute approximate surface area is 114 Å². The third-order valence-corrected chi connectivity index (χ3v) is 3.38. The van der Waals surface area contributed by atoms with Crippen molar-refractivity contribution >= 4 is 10.9 Å². The van der Waals surface area contributed by atoms with Gasteiger partial charge in [-0.1, -0.05) is 20.3 Å². The predicted molar refractivity (Wildman–Crippen MR) is 78.2 cm³/mol. The number of aromatic nitrogens is 1. The van der Waals surface area contributed by atoms with Gasteiger partial charge < -0.3 is 9.47 Å². The number of rotatable bonds is 5. The Balaban J connectivity index is 2.74. The number of fused-ring (bicyclic) bond motifs is 1. The van der Waals surface area contributed by atoms with Gasteiger partial charge in [0.2, 0.25) is 0 Å². The Morgan fingerprint density at radius 1 is 1.05 bits per heavy atom. The summed E-state index contributed by atoms with van der Waals surface area (Å²) in [7, 11) is 3.36. The van der Waals surface area contributed by atoms with Crippen molar-refractivity contribution in [1.29, 1.82) is 0 Å². The van der Waals surface area contributed by atoms with Crippen LogP contribution in [0.15, 0.2) is 18.2 Å². The average Bonchev–Trinajstić information content (AvgIpc) is 2.45. The van der Waals surface area contributed by atoms with Crippen molar-refractivity contribution in [3.05, 3.63) is 29.5 Å². The van der Waals surface area contributed by atoms with Crippen LogP contribution in [0.3, 0.4) is 0 Å². The fourth-order valence-corrected chi connectivity index (χ4v) is 2.39. The average molecular weight is 259 g/mol. The monoisotopic (exact) mass is 259 g/mol. The predicted octanol–water partition coefficient (Wildman–Crippen LogP) is 3.77. The summed E-state index contributed by atoms with van der Waals surface area (Å²) in [5.74, 6) is 1.65. The molecular weight excluding hydrogens is 238 g/mol. The van der Waals surface area contributed by atoms with E-state index in [2.05, 4.69) is 19.9 Å². The molecule has 3 heteroatoms. The van der Waals surface area contributed by atoms with Crippen molar-refractivity contribution < 1.29 is 9.47 Å². The molecular formula is C16H21NO2. The first-order chi connectivity index (χ1) is 9.24. The fraction of sp³-hybridized carbons (Fsp3) is 0.438. The second-order valence-corrected chi connectivity index (χ2v) is 4.56. The Kier molecular flexibility index (Phi) is 4.25. The number of nitrogens with zero attached hydrogens (tertiary/aromatic N) is 1. The smallest absolute Gasteiger partial charge is 0.145 e. The third-order valence-electron chi connectivity index (χ3n) is 3.38. The molecule has 0 aliphatic rings. The number of hydrogen-bond acceptors (Lipinski definition) is 3. The van der Waals surface area contributed by atoms with E-state index in [1.54, 1.807) is 14.2 Å². The van der Waals surface area contributed by atoms with Gasteiger partial charge in [0.05, 0.1) is 14.2 Å². The van der Waals surface area contributed by atoms with E-state index in [4.69, 9.17) is 14.5 Å². The molecule has 19 heavy (non-hydrogen) atoms. The van der Waals surface area contributed by atoms with E-state index in [9.17, 15) is 0 Å². The van der Waals surface area contributed by atoms with Gasteiger partial charge >= 0.3 is 0 Å². The molecule has 0 atom stereocenters. The zero-order valence-corrected chi connectivity index (χ0v) is 12.1. The Bertz CT molecular complexity index is 578. The van der Waals surface area contributed by atoms with Crippen molar-refractivity contribution in [3.8, 4) is 11.5 Å². The van der Waals surface area contributed by atoms with E-state index in [1.807, 2.05) is 12.1 Å². The van der Waals surface area contributed by atoms with Crippen LogP contribution >= 0.6 is 0 Å². The van der Waals surface area contributed by atoms with E-state index >= 15 is 0 Å². The first kappa shape index (κ1) is 13.7. The van der Waals surface area contributed by atoms with E-state index < -0.39 is 0 Å². The summed E-state index contributed by atoms with van der Waals surface area (Å²) >= 11 is 0. The molecule has 1 aromatic carbocycles. The zero-order chi connectivity index (χ0) is 13.8. The highest BCUT2D eigenvalue weighted by molar-refractivity contribution is 5.90. The van der Waals surface area contributed by atoms with Crippen LogP contribution in [0.1, 0.15) is 31.5 Å². The molecule has 3 nitrogen and oxygen atoms in total. The van der Waals surface area contributed by atoms with E-state index in [-0.39, 0.29) is 0 Å². The maximum atomic E-state index is 5.43. The summed E-state index contributed by atoms with van der Waals surface area (Å²) in [6, 6.07) is 6.03. The summed E-state index contributed by atoms with van der Waals surface area (Å²) in [5.41, 5.74) is 3.35. The number of pyridine rings is 1.